The zero-order chi connectivity index (χ0) is 11.8. The van der Waals surface area contributed by atoms with Crippen LogP contribution in [0.15, 0.2) is 30.5 Å². The van der Waals surface area contributed by atoms with Gasteiger partial charge in [0.25, 0.3) is 0 Å². The molecule has 3 rings (SSSR count). The van der Waals surface area contributed by atoms with Crippen molar-refractivity contribution in [2.45, 2.75) is 24.6 Å². The Balaban J connectivity index is 2.04. The monoisotopic (exact) mass is 250 g/mol. The second-order valence-electron chi connectivity index (χ2n) is 4.33. The molecule has 0 atom stereocenters. The highest BCUT2D eigenvalue weighted by atomic mass is 35.5. The van der Waals surface area contributed by atoms with Crippen molar-refractivity contribution >= 4 is 11.6 Å². The predicted molar refractivity (Wildman–Crippen MR) is 65.1 cm³/mol. The number of alkyl halides is 1. The topological polar surface area (TPSA) is 17.8 Å². The van der Waals surface area contributed by atoms with Gasteiger partial charge in [-0.15, -0.1) is 11.6 Å². The van der Waals surface area contributed by atoms with E-state index < -0.39 is 0 Å². The molecule has 0 aliphatic heterocycles. The maximum absolute atomic E-state index is 13.6. The molecule has 0 radical (unpaired) electrons. The normalized spacial score (nSPS) is 15.2. The zero-order valence-corrected chi connectivity index (χ0v) is 9.99. The minimum absolute atomic E-state index is 0.153. The van der Waals surface area contributed by atoms with Gasteiger partial charge < -0.3 is 0 Å². The lowest BCUT2D eigenvalue weighted by atomic mass is 10.2. The third-order valence-electron chi connectivity index (χ3n) is 3.08. The molecule has 0 amide bonds. The molecule has 1 aliphatic rings. The minimum Gasteiger partial charge on any atom is -0.240 e. The molecule has 1 fully saturated rings. The fourth-order valence-electron chi connectivity index (χ4n) is 1.96. The molecule has 1 aliphatic carbocycles. The van der Waals surface area contributed by atoms with E-state index in [-0.39, 0.29) is 11.7 Å². The van der Waals surface area contributed by atoms with E-state index >= 15 is 0 Å². The first-order valence-electron chi connectivity index (χ1n) is 5.69. The first-order chi connectivity index (χ1) is 8.29. The number of hydrogen-bond acceptors (Lipinski definition) is 1. The number of hydrogen-bond donors (Lipinski definition) is 0. The Labute approximate surface area is 104 Å². The minimum atomic E-state index is -0.277. The summed E-state index contributed by atoms with van der Waals surface area (Å²) < 4.78 is 15.3. The summed E-state index contributed by atoms with van der Waals surface area (Å²) >= 11 is 5.79. The standard InChI is InChI=1S/C13H12ClFN2/c14-8-10-11(15)2-1-3-13(10)17-7-6-12(16-17)9-4-5-9/h1-3,6-7,9H,4-5,8H2. The average Bonchev–Trinajstić information content (AvgIpc) is 3.07. The summed E-state index contributed by atoms with van der Waals surface area (Å²) in [6.45, 7) is 0. The molecule has 17 heavy (non-hydrogen) atoms. The first kappa shape index (κ1) is 10.8. The van der Waals surface area contributed by atoms with Crippen molar-refractivity contribution in [1.29, 1.82) is 0 Å². The van der Waals surface area contributed by atoms with E-state index in [1.165, 1.54) is 18.9 Å². The molecule has 1 saturated carbocycles. The highest BCUT2D eigenvalue weighted by molar-refractivity contribution is 6.17. The lowest BCUT2D eigenvalue weighted by Crippen LogP contribution is -2.02. The van der Waals surface area contributed by atoms with Crippen LogP contribution in [0.2, 0.25) is 0 Å². The Kier molecular flexibility index (Phi) is 2.63. The van der Waals surface area contributed by atoms with E-state index in [0.717, 1.165) is 11.4 Å². The molecule has 0 N–H and O–H groups in total. The molecule has 0 bridgehead atoms. The van der Waals surface area contributed by atoms with E-state index in [4.69, 9.17) is 11.6 Å². The van der Waals surface area contributed by atoms with Crippen LogP contribution in [0, 0.1) is 5.82 Å². The summed E-state index contributed by atoms with van der Waals surface area (Å²) in [5.74, 6) is 0.478. The highest BCUT2D eigenvalue weighted by Crippen LogP contribution is 2.39. The Bertz CT molecular complexity index is 546. The molecule has 4 heteroatoms. The SMILES string of the molecule is Fc1cccc(-n2ccc(C3CC3)n2)c1CCl. The van der Waals surface area contributed by atoms with Gasteiger partial charge in [-0.2, -0.15) is 5.10 Å². The number of nitrogens with zero attached hydrogens (tertiary/aromatic N) is 2. The first-order valence-corrected chi connectivity index (χ1v) is 6.22. The molecule has 0 spiro atoms. The van der Waals surface area contributed by atoms with Crippen LogP contribution in [-0.4, -0.2) is 9.78 Å². The van der Waals surface area contributed by atoms with Crippen LogP contribution >= 0.6 is 11.6 Å². The van der Waals surface area contributed by atoms with Gasteiger partial charge in [-0.3, -0.25) is 0 Å². The summed E-state index contributed by atoms with van der Waals surface area (Å²) in [4.78, 5) is 0. The van der Waals surface area contributed by atoms with Crippen LogP contribution in [0.4, 0.5) is 4.39 Å². The van der Waals surface area contributed by atoms with Crippen LogP contribution in [0.5, 0.6) is 0 Å². The van der Waals surface area contributed by atoms with Crippen molar-refractivity contribution in [1.82, 2.24) is 9.78 Å². The van der Waals surface area contributed by atoms with E-state index in [2.05, 4.69) is 5.10 Å². The number of benzene rings is 1. The average molecular weight is 251 g/mol. The molecule has 1 aromatic heterocycles. The summed E-state index contributed by atoms with van der Waals surface area (Å²) in [7, 11) is 0. The lowest BCUT2D eigenvalue weighted by molar-refractivity contribution is 0.613. The van der Waals surface area contributed by atoms with Gasteiger partial charge in [0, 0.05) is 17.7 Å². The largest absolute Gasteiger partial charge is 0.240 e. The van der Waals surface area contributed by atoms with Gasteiger partial charge in [-0.25, -0.2) is 9.07 Å². The van der Waals surface area contributed by atoms with E-state index in [1.54, 1.807) is 10.7 Å². The molecular formula is C13H12ClFN2. The van der Waals surface area contributed by atoms with Gasteiger partial charge in [0.1, 0.15) is 5.82 Å². The van der Waals surface area contributed by atoms with Gasteiger partial charge in [0.05, 0.1) is 17.3 Å². The third-order valence-corrected chi connectivity index (χ3v) is 3.35. The third kappa shape index (κ3) is 1.95. The van der Waals surface area contributed by atoms with Crippen LogP contribution in [0.25, 0.3) is 5.69 Å². The van der Waals surface area contributed by atoms with Crippen molar-refractivity contribution in [3.63, 3.8) is 0 Å². The maximum atomic E-state index is 13.6. The van der Waals surface area contributed by atoms with Crippen molar-refractivity contribution in [3.8, 4) is 5.69 Å². The lowest BCUT2D eigenvalue weighted by Gasteiger charge is -2.07. The van der Waals surface area contributed by atoms with Gasteiger partial charge in [0.15, 0.2) is 0 Å². The smallest absolute Gasteiger partial charge is 0.129 e. The molecule has 1 heterocycles. The second kappa shape index (κ2) is 4.15. The van der Waals surface area contributed by atoms with Gasteiger partial charge >= 0.3 is 0 Å². The number of aromatic nitrogens is 2. The highest BCUT2D eigenvalue weighted by Gasteiger charge is 2.26. The summed E-state index contributed by atoms with van der Waals surface area (Å²) in [6.07, 6.45) is 4.30. The van der Waals surface area contributed by atoms with Crippen LogP contribution in [-0.2, 0) is 5.88 Å². The molecule has 0 unspecified atom stereocenters. The van der Waals surface area contributed by atoms with Crippen molar-refractivity contribution in [2.75, 3.05) is 0 Å². The van der Waals surface area contributed by atoms with Crippen molar-refractivity contribution < 1.29 is 4.39 Å². The number of halogens is 2. The fraction of sp³-hybridized carbons (Fsp3) is 0.308. The molecule has 0 saturated heterocycles. The summed E-state index contributed by atoms with van der Waals surface area (Å²) in [5, 5.41) is 4.48. The van der Waals surface area contributed by atoms with Gasteiger partial charge in [-0.1, -0.05) is 6.07 Å². The van der Waals surface area contributed by atoms with Gasteiger partial charge in [-0.05, 0) is 31.0 Å². The fourth-order valence-corrected chi connectivity index (χ4v) is 2.23. The van der Waals surface area contributed by atoms with Crippen molar-refractivity contribution in [2.24, 2.45) is 0 Å². The number of rotatable bonds is 3. The van der Waals surface area contributed by atoms with Crippen molar-refractivity contribution in [3.05, 3.63) is 47.5 Å². The zero-order valence-electron chi connectivity index (χ0n) is 9.24. The Hall–Kier alpha value is -1.35. The molecule has 1 aromatic carbocycles. The summed E-state index contributed by atoms with van der Waals surface area (Å²) in [5.41, 5.74) is 2.32. The maximum Gasteiger partial charge on any atom is 0.129 e. The van der Waals surface area contributed by atoms with E-state index in [0.29, 0.717) is 11.5 Å². The summed E-state index contributed by atoms with van der Waals surface area (Å²) in [6, 6.07) is 6.94. The van der Waals surface area contributed by atoms with Crippen LogP contribution in [0.3, 0.4) is 0 Å². The second-order valence-corrected chi connectivity index (χ2v) is 4.60. The molecule has 2 aromatic rings. The van der Waals surface area contributed by atoms with Crippen LogP contribution in [0.1, 0.15) is 30.0 Å². The Morgan fingerprint density at radius 1 is 1.35 bits per heavy atom. The van der Waals surface area contributed by atoms with Gasteiger partial charge in [0.2, 0.25) is 0 Å². The predicted octanol–water partition coefficient (Wildman–Crippen LogP) is 3.63. The Morgan fingerprint density at radius 2 is 2.18 bits per heavy atom. The molecule has 88 valence electrons. The van der Waals surface area contributed by atoms with Crippen LogP contribution < -0.4 is 0 Å². The van der Waals surface area contributed by atoms with E-state index in [9.17, 15) is 4.39 Å². The quantitative estimate of drug-likeness (QED) is 0.761. The van der Waals surface area contributed by atoms with E-state index in [1.807, 2.05) is 18.3 Å². The molecule has 2 nitrogen and oxygen atoms in total. The Morgan fingerprint density at radius 3 is 2.88 bits per heavy atom. The molecular weight excluding hydrogens is 239 g/mol.